The van der Waals surface area contributed by atoms with E-state index in [4.69, 9.17) is 0 Å². The minimum Gasteiger partial charge on any atom is -0.359 e. The van der Waals surface area contributed by atoms with Gasteiger partial charge in [-0.25, -0.2) is 9.97 Å². The molecule has 2 aliphatic rings. The van der Waals surface area contributed by atoms with E-state index in [9.17, 15) is 4.79 Å². The average Bonchev–Trinajstić information content (AvgIpc) is 3.17. The second-order valence-electron chi connectivity index (χ2n) is 8.23. The molecule has 2 aliphatic heterocycles. The minimum atomic E-state index is 0.134. The maximum absolute atomic E-state index is 12.0. The average molecular weight is 395 g/mol. The maximum Gasteiger partial charge on any atom is 0.241 e. The van der Waals surface area contributed by atoms with Crippen LogP contribution in [0.1, 0.15) is 12.0 Å². The first kappa shape index (κ1) is 19.6. The summed E-state index contributed by atoms with van der Waals surface area (Å²) in [7, 11) is 3.95. The fourth-order valence-corrected chi connectivity index (χ4v) is 4.20. The van der Waals surface area contributed by atoms with Gasteiger partial charge in [-0.1, -0.05) is 30.3 Å². The van der Waals surface area contributed by atoms with Crippen molar-refractivity contribution in [3.8, 4) is 0 Å². The Morgan fingerprint density at radius 1 is 1.14 bits per heavy atom. The smallest absolute Gasteiger partial charge is 0.241 e. The van der Waals surface area contributed by atoms with Gasteiger partial charge >= 0.3 is 0 Å². The quantitative estimate of drug-likeness (QED) is 0.744. The summed E-state index contributed by atoms with van der Waals surface area (Å²) >= 11 is 0. The van der Waals surface area contributed by atoms with Crippen LogP contribution in [0.5, 0.6) is 0 Å². The van der Waals surface area contributed by atoms with Crippen LogP contribution in [0.3, 0.4) is 0 Å². The zero-order chi connectivity index (χ0) is 20.2. The number of carbonyl (C=O) groups excluding carboxylic acids is 1. The zero-order valence-corrected chi connectivity index (χ0v) is 17.4. The third-order valence-corrected chi connectivity index (χ3v) is 5.96. The molecule has 1 atom stereocenters. The maximum atomic E-state index is 12.0. The van der Waals surface area contributed by atoms with Crippen LogP contribution in [0.15, 0.2) is 42.7 Å². The number of benzene rings is 1. The number of likely N-dealkylation sites (N-methyl/N-ethyl adjacent to an activating group) is 1. The molecule has 2 saturated heterocycles. The highest BCUT2D eigenvalue weighted by Crippen LogP contribution is 2.23. The number of hydrogen-bond acceptors (Lipinski definition) is 6. The molecule has 0 N–H and O–H groups in total. The number of hydrogen-bond donors (Lipinski definition) is 0. The lowest BCUT2D eigenvalue weighted by Crippen LogP contribution is -2.48. The van der Waals surface area contributed by atoms with Crippen molar-refractivity contribution in [2.45, 2.75) is 13.0 Å². The molecule has 7 heteroatoms. The van der Waals surface area contributed by atoms with E-state index in [2.05, 4.69) is 57.1 Å². The Labute approximate surface area is 172 Å². The summed E-state index contributed by atoms with van der Waals surface area (Å²) in [6, 6.07) is 12.7. The molecule has 0 aliphatic carbocycles. The Hall–Kier alpha value is -2.67. The van der Waals surface area contributed by atoms with Gasteiger partial charge in [0.05, 0.1) is 6.54 Å². The van der Waals surface area contributed by atoms with E-state index in [-0.39, 0.29) is 5.91 Å². The third-order valence-electron chi connectivity index (χ3n) is 5.96. The van der Waals surface area contributed by atoms with E-state index in [0.29, 0.717) is 12.5 Å². The van der Waals surface area contributed by atoms with E-state index < -0.39 is 0 Å². The van der Waals surface area contributed by atoms with Gasteiger partial charge in [0.2, 0.25) is 5.91 Å². The minimum absolute atomic E-state index is 0.134. The summed E-state index contributed by atoms with van der Waals surface area (Å²) < 4.78 is 0. The van der Waals surface area contributed by atoms with Gasteiger partial charge in [0.15, 0.2) is 0 Å². The number of carbonyl (C=O) groups is 1. The summed E-state index contributed by atoms with van der Waals surface area (Å²) in [6.45, 7) is 6.18. The molecule has 1 aromatic heterocycles. The summed E-state index contributed by atoms with van der Waals surface area (Å²) in [5.41, 5.74) is 1.38. The second kappa shape index (κ2) is 8.78. The molecule has 1 amide bonds. The van der Waals surface area contributed by atoms with Gasteiger partial charge in [0, 0.05) is 52.9 Å². The normalized spacial score (nSPS) is 20.3. The molecule has 1 unspecified atom stereocenters. The van der Waals surface area contributed by atoms with Crippen LogP contribution in [0.25, 0.3) is 0 Å². The van der Waals surface area contributed by atoms with Gasteiger partial charge in [-0.15, -0.1) is 0 Å². The summed E-state index contributed by atoms with van der Waals surface area (Å²) in [4.78, 5) is 29.5. The Kier molecular flexibility index (Phi) is 5.94. The van der Waals surface area contributed by atoms with Crippen molar-refractivity contribution in [3.63, 3.8) is 0 Å². The van der Waals surface area contributed by atoms with Gasteiger partial charge in [-0.05, 0) is 24.4 Å². The predicted octanol–water partition coefficient (Wildman–Crippen LogP) is 1.71. The van der Waals surface area contributed by atoms with E-state index >= 15 is 0 Å². The van der Waals surface area contributed by atoms with Gasteiger partial charge in [0.1, 0.15) is 18.0 Å². The number of aromatic nitrogens is 2. The number of nitrogens with zero attached hydrogens (tertiary/aromatic N) is 6. The van der Waals surface area contributed by atoms with Crippen molar-refractivity contribution in [2.24, 2.45) is 5.92 Å². The predicted molar refractivity (Wildman–Crippen MR) is 115 cm³/mol. The van der Waals surface area contributed by atoms with Crippen molar-refractivity contribution in [2.75, 3.05) is 63.2 Å². The lowest BCUT2D eigenvalue weighted by Gasteiger charge is -2.33. The molecule has 1 aromatic carbocycles. The lowest BCUT2D eigenvalue weighted by molar-refractivity contribution is -0.129. The van der Waals surface area contributed by atoms with Crippen LogP contribution in [-0.4, -0.2) is 79.0 Å². The first-order chi connectivity index (χ1) is 14.1. The largest absolute Gasteiger partial charge is 0.359 e. The van der Waals surface area contributed by atoms with Crippen LogP contribution in [0.2, 0.25) is 0 Å². The molecular weight excluding hydrogens is 364 g/mol. The van der Waals surface area contributed by atoms with Crippen molar-refractivity contribution in [1.82, 2.24) is 19.8 Å². The van der Waals surface area contributed by atoms with Crippen molar-refractivity contribution >= 4 is 17.5 Å². The highest BCUT2D eigenvalue weighted by atomic mass is 16.2. The van der Waals surface area contributed by atoms with Crippen LogP contribution in [0.4, 0.5) is 11.6 Å². The van der Waals surface area contributed by atoms with E-state index in [0.717, 1.165) is 50.9 Å². The third kappa shape index (κ3) is 4.85. The molecular formula is C22H30N6O. The number of anilines is 2. The molecule has 4 rings (SSSR count). The van der Waals surface area contributed by atoms with E-state index in [1.54, 1.807) is 11.2 Å². The number of piperazine rings is 1. The van der Waals surface area contributed by atoms with Gasteiger partial charge in [0.25, 0.3) is 0 Å². The molecule has 29 heavy (non-hydrogen) atoms. The highest BCUT2D eigenvalue weighted by Gasteiger charge is 2.25. The first-order valence-electron chi connectivity index (χ1n) is 10.4. The van der Waals surface area contributed by atoms with Crippen molar-refractivity contribution < 1.29 is 4.79 Å². The topological polar surface area (TPSA) is 55.8 Å². The molecule has 0 saturated carbocycles. The standard InChI is InChI=1S/C22H30N6O/c1-25-10-11-28(16-22(25)29)21-12-20(23-17-24-21)26(2)13-19-8-9-27(15-19)14-18-6-4-3-5-7-18/h3-7,12,17,19H,8-11,13-16H2,1-2H3. The van der Waals surface area contributed by atoms with Crippen LogP contribution in [-0.2, 0) is 11.3 Å². The van der Waals surface area contributed by atoms with Crippen LogP contribution in [0, 0.1) is 5.92 Å². The molecule has 3 heterocycles. The molecule has 0 bridgehead atoms. The number of likely N-dealkylation sites (tertiary alicyclic amines) is 1. The first-order valence-corrected chi connectivity index (χ1v) is 10.4. The molecule has 0 spiro atoms. The van der Waals surface area contributed by atoms with Gasteiger partial charge in [-0.3, -0.25) is 9.69 Å². The fraction of sp³-hybridized carbons (Fsp3) is 0.500. The van der Waals surface area contributed by atoms with Crippen LogP contribution < -0.4 is 9.80 Å². The van der Waals surface area contributed by atoms with E-state index in [1.165, 1.54) is 12.0 Å². The van der Waals surface area contributed by atoms with Gasteiger partial charge in [-0.2, -0.15) is 0 Å². The highest BCUT2D eigenvalue weighted by molar-refractivity contribution is 5.82. The number of rotatable bonds is 6. The Bertz CT molecular complexity index is 829. The van der Waals surface area contributed by atoms with Gasteiger partial charge < -0.3 is 14.7 Å². The Balaban J connectivity index is 1.33. The zero-order valence-electron chi connectivity index (χ0n) is 17.4. The van der Waals surface area contributed by atoms with E-state index in [1.807, 2.05) is 18.0 Å². The lowest BCUT2D eigenvalue weighted by atomic mass is 10.1. The summed E-state index contributed by atoms with van der Waals surface area (Å²) in [5, 5.41) is 0. The molecule has 7 nitrogen and oxygen atoms in total. The molecule has 154 valence electrons. The summed E-state index contributed by atoms with van der Waals surface area (Å²) in [5.74, 6) is 2.52. The SMILES string of the molecule is CN1CCN(c2cc(N(C)CC3CCN(Cc4ccccc4)C3)ncn2)CC1=O. The Morgan fingerprint density at radius 3 is 2.76 bits per heavy atom. The van der Waals surface area contributed by atoms with Crippen LogP contribution >= 0.6 is 0 Å². The Morgan fingerprint density at radius 2 is 1.97 bits per heavy atom. The second-order valence-corrected chi connectivity index (χ2v) is 8.23. The van der Waals surface area contributed by atoms with Crippen molar-refractivity contribution in [3.05, 3.63) is 48.3 Å². The molecule has 2 aromatic rings. The van der Waals surface area contributed by atoms with Crippen molar-refractivity contribution in [1.29, 1.82) is 0 Å². The fourth-order valence-electron chi connectivity index (χ4n) is 4.20. The molecule has 0 radical (unpaired) electrons. The summed E-state index contributed by atoms with van der Waals surface area (Å²) in [6.07, 6.45) is 2.82. The monoisotopic (exact) mass is 394 g/mol. The molecule has 2 fully saturated rings. The number of amides is 1.